The second kappa shape index (κ2) is 20.4. The van der Waals surface area contributed by atoms with Crippen molar-refractivity contribution in [3.8, 4) is 73.8 Å². The molecule has 1 aliphatic rings. The van der Waals surface area contributed by atoms with Gasteiger partial charge in [0.05, 0.1) is 66.9 Å². The molecule has 1 aromatic heterocycles. The number of halogens is 2. The lowest BCUT2D eigenvalue weighted by molar-refractivity contribution is 0.414. The maximum Gasteiger partial charge on any atom is 0.678 e. The van der Waals surface area contributed by atoms with Crippen molar-refractivity contribution in [1.29, 1.82) is 0 Å². The number of aliphatic imine (C=N–C) groups is 1. The summed E-state index contributed by atoms with van der Waals surface area (Å²) in [5.41, 5.74) is 9.39. The first-order valence-corrected chi connectivity index (χ1v) is 22.4. The molecule has 9 nitrogen and oxygen atoms in total. The summed E-state index contributed by atoms with van der Waals surface area (Å²) in [6, 6.07) is 52.7. The van der Waals surface area contributed by atoms with Gasteiger partial charge in [-0.2, -0.15) is 0 Å². The highest BCUT2D eigenvalue weighted by Gasteiger charge is 2.39. The van der Waals surface area contributed by atoms with E-state index in [1.54, 1.807) is 61.9 Å². The van der Waals surface area contributed by atoms with E-state index < -0.39 is 7.40 Å². The first-order valence-electron chi connectivity index (χ1n) is 22.4. The van der Waals surface area contributed by atoms with Gasteiger partial charge in [0.15, 0.2) is 0 Å². The van der Waals surface area contributed by atoms with Gasteiger partial charge in [-0.15, -0.1) is 0 Å². The molecule has 1 aliphatic heterocycles. The van der Waals surface area contributed by atoms with Crippen molar-refractivity contribution in [2.75, 3.05) is 49.8 Å². The summed E-state index contributed by atoms with van der Waals surface area (Å²) in [5.74, 6) is 4.36. The van der Waals surface area contributed by atoms with Gasteiger partial charge >= 0.3 is 7.40 Å². The minimum Gasteiger partial charge on any atom is -0.497 e. The van der Waals surface area contributed by atoms with Gasteiger partial charge in [0, 0.05) is 39.1 Å². The molecule has 8 aromatic rings. The predicted octanol–water partition coefficient (Wildman–Crippen LogP) is 13.2. The van der Waals surface area contributed by atoms with Crippen LogP contribution >= 0.6 is 0 Å². The van der Waals surface area contributed by atoms with Gasteiger partial charge < -0.3 is 37.6 Å². The number of nitrogens with zero attached hydrogens (tertiary/aromatic N) is 2. The van der Waals surface area contributed by atoms with E-state index in [-0.39, 0.29) is 11.4 Å². The molecular formula is C58H49BF2N2O7. The zero-order valence-corrected chi connectivity index (χ0v) is 39.8. The standard InChI is InChI=1S/C58H49BF2N2O7/c1-64-43-22-8-36(9-23-43)50-51(37-10-24-44(65-2)25-11-37)56(62-55(50)41-18-32-48(69-6)33-19-41)54(40-16-30-47(68-5)31-17-40)58-53(39-14-28-46(67-4)29-15-39)52(38-12-26-45(66-3)27-13-38)57(63(58)59(60)61)42-20-34-49(70-7)35-21-42/h8-35H,1-7H3/b56-54-. The van der Waals surface area contributed by atoms with Gasteiger partial charge in [-0.3, -0.25) is 8.63 Å². The Balaban J connectivity index is 1.54. The third kappa shape index (κ3) is 8.87. The van der Waals surface area contributed by atoms with Gasteiger partial charge in [-0.1, -0.05) is 60.7 Å². The Bertz CT molecular complexity index is 3220. The van der Waals surface area contributed by atoms with Crippen LogP contribution in [0.4, 0.5) is 8.63 Å². The highest BCUT2D eigenvalue weighted by Crippen LogP contribution is 2.53. The van der Waals surface area contributed by atoms with Crippen molar-refractivity contribution in [3.63, 3.8) is 0 Å². The molecule has 0 atom stereocenters. The molecule has 0 N–H and O–H groups in total. The maximum atomic E-state index is 17.2. The van der Waals surface area contributed by atoms with Crippen molar-refractivity contribution in [1.82, 2.24) is 4.48 Å². The van der Waals surface area contributed by atoms with Crippen LogP contribution < -0.4 is 33.2 Å². The maximum absolute atomic E-state index is 17.2. The number of aromatic nitrogens is 1. The summed E-state index contributed by atoms with van der Waals surface area (Å²) in [6.45, 7) is 0. The second-order valence-electron chi connectivity index (χ2n) is 16.1. The van der Waals surface area contributed by atoms with Crippen molar-refractivity contribution in [2.45, 2.75) is 0 Å². The first-order chi connectivity index (χ1) is 34.2. The number of allylic oxidation sites excluding steroid dienone is 2. The number of benzene rings is 7. The largest absolute Gasteiger partial charge is 0.678 e. The molecule has 0 spiro atoms. The Labute approximate surface area is 406 Å². The Morgan fingerprint density at radius 1 is 0.371 bits per heavy atom. The lowest BCUT2D eigenvalue weighted by Crippen LogP contribution is -2.18. The molecule has 0 saturated carbocycles. The number of hydrogen-bond acceptors (Lipinski definition) is 8. The van der Waals surface area contributed by atoms with Crippen LogP contribution in [0, 0.1) is 0 Å². The van der Waals surface area contributed by atoms with Crippen LogP contribution in [0.15, 0.2) is 181 Å². The molecule has 0 unspecified atom stereocenters. The molecule has 350 valence electrons. The topological polar surface area (TPSA) is 81.9 Å². The van der Waals surface area contributed by atoms with E-state index in [0.717, 1.165) is 26.7 Å². The Hall–Kier alpha value is -8.51. The Morgan fingerprint density at radius 3 is 1.06 bits per heavy atom. The van der Waals surface area contributed by atoms with Crippen molar-refractivity contribution >= 4 is 29.8 Å². The van der Waals surface area contributed by atoms with Gasteiger partial charge in [-0.25, -0.2) is 4.99 Å². The van der Waals surface area contributed by atoms with Gasteiger partial charge in [0.25, 0.3) is 0 Å². The van der Waals surface area contributed by atoms with E-state index in [9.17, 15) is 0 Å². The normalized spacial score (nSPS) is 12.8. The number of rotatable bonds is 16. The van der Waals surface area contributed by atoms with Crippen LogP contribution in [0.25, 0.3) is 50.2 Å². The van der Waals surface area contributed by atoms with Gasteiger partial charge in [0.2, 0.25) is 0 Å². The summed E-state index contributed by atoms with van der Waals surface area (Å²) < 4.78 is 74.9. The third-order valence-corrected chi connectivity index (χ3v) is 12.4. The fraction of sp³-hybridized carbons (Fsp3) is 0.121. The average Bonchev–Trinajstić information content (AvgIpc) is 3.99. The molecule has 0 bridgehead atoms. The van der Waals surface area contributed by atoms with Crippen molar-refractivity contribution < 1.29 is 41.8 Å². The molecule has 9 rings (SSSR count). The van der Waals surface area contributed by atoms with Crippen LogP contribution in [0.2, 0.25) is 0 Å². The van der Waals surface area contributed by atoms with Gasteiger partial charge in [-0.05, 0) is 143 Å². The van der Waals surface area contributed by atoms with E-state index in [1.165, 1.54) is 0 Å². The van der Waals surface area contributed by atoms with E-state index in [4.69, 9.17) is 38.2 Å². The first kappa shape index (κ1) is 46.6. The van der Waals surface area contributed by atoms with E-state index in [0.29, 0.717) is 96.2 Å². The summed E-state index contributed by atoms with van der Waals surface area (Å²) in [7, 11) is 8.13. The minimum absolute atomic E-state index is 0.219. The average molecular weight is 935 g/mol. The summed E-state index contributed by atoms with van der Waals surface area (Å²) in [4.78, 5) is 5.68. The smallest absolute Gasteiger partial charge is 0.497 e. The predicted molar refractivity (Wildman–Crippen MR) is 275 cm³/mol. The van der Waals surface area contributed by atoms with Gasteiger partial charge in [0.1, 0.15) is 40.2 Å². The minimum atomic E-state index is -3.08. The zero-order chi connectivity index (χ0) is 48.9. The summed E-state index contributed by atoms with van der Waals surface area (Å²) in [5, 5.41) is 0. The Morgan fingerprint density at radius 2 is 0.686 bits per heavy atom. The fourth-order valence-corrected chi connectivity index (χ4v) is 8.96. The highest BCUT2D eigenvalue weighted by molar-refractivity contribution is 6.44. The second-order valence-corrected chi connectivity index (χ2v) is 16.1. The molecule has 0 aliphatic carbocycles. The molecule has 70 heavy (non-hydrogen) atoms. The monoisotopic (exact) mass is 934 g/mol. The van der Waals surface area contributed by atoms with Crippen LogP contribution in [-0.4, -0.2) is 67.4 Å². The molecule has 0 saturated heterocycles. The van der Waals surface area contributed by atoms with Crippen LogP contribution in [0.1, 0.15) is 27.9 Å². The highest BCUT2D eigenvalue weighted by atomic mass is 19.2. The van der Waals surface area contributed by atoms with Crippen molar-refractivity contribution in [3.05, 3.63) is 204 Å². The molecular weight excluding hydrogens is 885 g/mol. The number of hydrogen-bond donors (Lipinski definition) is 0. The van der Waals surface area contributed by atoms with Crippen LogP contribution in [0.5, 0.6) is 40.2 Å². The SMILES string of the molecule is COc1ccc(C2=N/C(=C(/c3ccc(OC)cc3)c3c(-c4ccc(OC)cc4)c(-c4ccc(OC)cc4)c(-c4ccc(OC)cc4)n3B(F)F)C(c3ccc(OC)cc3)=C2c2ccc(OC)cc2)cc1. The quantitative estimate of drug-likeness (QED) is 0.0893. The molecule has 12 heteroatoms. The fourth-order valence-electron chi connectivity index (χ4n) is 8.96. The number of ether oxygens (including phenoxy) is 7. The zero-order valence-electron chi connectivity index (χ0n) is 39.8. The van der Waals surface area contributed by atoms with E-state index >= 15 is 8.63 Å². The number of methoxy groups -OCH3 is 7. The Kier molecular flexibility index (Phi) is 13.6. The molecule has 0 radical (unpaired) electrons. The van der Waals surface area contributed by atoms with E-state index in [1.807, 2.05) is 158 Å². The summed E-state index contributed by atoms with van der Waals surface area (Å²) in [6.07, 6.45) is 0. The molecule has 0 amide bonds. The van der Waals surface area contributed by atoms with Crippen LogP contribution in [0.3, 0.4) is 0 Å². The van der Waals surface area contributed by atoms with Crippen molar-refractivity contribution in [2.24, 2.45) is 4.99 Å². The third-order valence-electron chi connectivity index (χ3n) is 12.4. The lowest BCUT2D eigenvalue weighted by Gasteiger charge is -2.20. The molecule has 2 heterocycles. The van der Waals surface area contributed by atoms with Crippen LogP contribution in [-0.2, 0) is 0 Å². The molecule has 0 fully saturated rings. The summed E-state index contributed by atoms with van der Waals surface area (Å²) >= 11 is 0. The lowest BCUT2D eigenvalue weighted by atomic mass is 9.85. The molecule has 7 aromatic carbocycles. The van der Waals surface area contributed by atoms with E-state index in [2.05, 4.69) is 0 Å².